The Morgan fingerprint density at radius 2 is 1.89 bits per heavy atom. The summed E-state index contributed by atoms with van der Waals surface area (Å²) in [5.41, 5.74) is 1.15. The van der Waals surface area contributed by atoms with E-state index in [-0.39, 0.29) is 11.6 Å². The molecular weight excluding hydrogens is 340 g/mol. The Labute approximate surface area is 162 Å². The summed E-state index contributed by atoms with van der Waals surface area (Å²) >= 11 is 0. The molecule has 0 N–H and O–H groups in total. The summed E-state index contributed by atoms with van der Waals surface area (Å²) < 4.78 is 7.39. The number of aromatic nitrogens is 4. The van der Waals surface area contributed by atoms with E-state index in [1.54, 1.807) is 7.11 Å². The van der Waals surface area contributed by atoms with Crippen molar-refractivity contribution in [1.82, 2.24) is 25.1 Å². The highest BCUT2D eigenvalue weighted by molar-refractivity contribution is 5.51. The third kappa shape index (κ3) is 4.08. The fraction of sp³-hybridized carbons (Fsp3) is 0.650. The number of methoxy groups -OCH3 is 1. The van der Waals surface area contributed by atoms with Crippen LogP contribution in [0.1, 0.15) is 52.4 Å². The van der Waals surface area contributed by atoms with E-state index in [2.05, 4.69) is 71.2 Å². The minimum absolute atomic E-state index is 0.0747. The summed E-state index contributed by atoms with van der Waals surface area (Å²) in [4.78, 5) is 4.94. The van der Waals surface area contributed by atoms with E-state index in [1.165, 1.54) is 5.69 Å². The minimum Gasteiger partial charge on any atom is -0.497 e. The Kier molecular flexibility index (Phi) is 5.99. The van der Waals surface area contributed by atoms with Crippen molar-refractivity contribution in [2.75, 3.05) is 38.2 Å². The van der Waals surface area contributed by atoms with Gasteiger partial charge in [0.25, 0.3) is 0 Å². The van der Waals surface area contributed by atoms with Gasteiger partial charge in [0.1, 0.15) is 5.75 Å². The van der Waals surface area contributed by atoms with Gasteiger partial charge in [-0.1, -0.05) is 19.9 Å². The molecule has 148 valence electrons. The van der Waals surface area contributed by atoms with Gasteiger partial charge >= 0.3 is 0 Å². The number of tetrazole rings is 1. The molecule has 1 saturated heterocycles. The van der Waals surface area contributed by atoms with Crippen molar-refractivity contribution in [2.45, 2.75) is 52.1 Å². The average Bonchev–Trinajstić information content (AvgIpc) is 3.19. The molecule has 0 amide bonds. The molecule has 27 heavy (non-hydrogen) atoms. The predicted molar refractivity (Wildman–Crippen MR) is 107 cm³/mol. The second-order valence-corrected chi connectivity index (χ2v) is 7.76. The standard InChI is InChI=1S/C20H32N6O/c1-6-18(19-21-22-23-26(19)20(3,4)7-2)25-13-11-24(12-14-25)16-9-8-10-17(15-16)27-5/h8-10,15,18H,6-7,11-14H2,1-5H3/t18-/m0/s1. The average molecular weight is 373 g/mol. The number of nitrogens with zero attached hydrogens (tertiary/aromatic N) is 6. The molecular formula is C20H32N6O. The lowest BCUT2D eigenvalue weighted by Crippen LogP contribution is -2.48. The van der Waals surface area contributed by atoms with E-state index in [1.807, 2.05) is 10.7 Å². The molecule has 3 rings (SSSR count). The molecule has 0 radical (unpaired) electrons. The highest BCUT2D eigenvalue weighted by Gasteiger charge is 2.32. The van der Waals surface area contributed by atoms with Crippen LogP contribution < -0.4 is 9.64 Å². The molecule has 1 aromatic carbocycles. The highest BCUT2D eigenvalue weighted by atomic mass is 16.5. The van der Waals surface area contributed by atoms with Crippen molar-refractivity contribution in [3.8, 4) is 5.75 Å². The second kappa shape index (κ2) is 8.25. The minimum atomic E-state index is -0.0747. The van der Waals surface area contributed by atoms with Crippen molar-refractivity contribution in [1.29, 1.82) is 0 Å². The summed E-state index contributed by atoms with van der Waals surface area (Å²) in [7, 11) is 1.71. The summed E-state index contributed by atoms with van der Waals surface area (Å²) in [6.45, 7) is 12.8. The monoisotopic (exact) mass is 372 g/mol. The van der Waals surface area contributed by atoms with Gasteiger partial charge in [0.2, 0.25) is 0 Å². The fourth-order valence-corrected chi connectivity index (χ4v) is 3.69. The fourth-order valence-electron chi connectivity index (χ4n) is 3.69. The first-order valence-electron chi connectivity index (χ1n) is 9.92. The SMILES string of the molecule is CC[C@@H](c1nnnn1C(C)(C)CC)N1CCN(c2cccc(OC)c2)CC1. The first-order chi connectivity index (χ1) is 13.0. The maximum Gasteiger partial charge on any atom is 0.168 e. The summed E-state index contributed by atoms with van der Waals surface area (Å²) in [5.74, 6) is 1.89. The van der Waals surface area contributed by atoms with Crippen LogP contribution in [-0.4, -0.2) is 58.4 Å². The largest absolute Gasteiger partial charge is 0.497 e. The van der Waals surface area contributed by atoms with Crippen LogP contribution in [0.3, 0.4) is 0 Å². The molecule has 0 saturated carbocycles. The molecule has 1 aliphatic heterocycles. The van der Waals surface area contributed by atoms with Crippen LogP contribution in [0.4, 0.5) is 5.69 Å². The third-order valence-electron chi connectivity index (χ3n) is 5.79. The van der Waals surface area contributed by atoms with E-state index < -0.39 is 0 Å². The van der Waals surface area contributed by atoms with E-state index in [9.17, 15) is 0 Å². The second-order valence-electron chi connectivity index (χ2n) is 7.76. The van der Waals surface area contributed by atoms with Crippen LogP contribution in [0.2, 0.25) is 0 Å². The number of piperazine rings is 1. The van der Waals surface area contributed by atoms with E-state index >= 15 is 0 Å². The van der Waals surface area contributed by atoms with Gasteiger partial charge in [0, 0.05) is 37.9 Å². The van der Waals surface area contributed by atoms with Gasteiger partial charge in [0.15, 0.2) is 5.82 Å². The zero-order valence-electron chi connectivity index (χ0n) is 17.2. The highest BCUT2D eigenvalue weighted by Crippen LogP contribution is 2.29. The maximum atomic E-state index is 5.36. The van der Waals surface area contributed by atoms with Crippen LogP contribution in [0.15, 0.2) is 24.3 Å². The summed E-state index contributed by atoms with van der Waals surface area (Å²) in [6, 6.07) is 8.55. The van der Waals surface area contributed by atoms with E-state index in [4.69, 9.17) is 4.74 Å². The molecule has 0 spiro atoms. The number of anilines is 1. The van der Waals surface area contributed by atoms with Crippen LogP contribution in [0, 0.1) is 0 Å². The molecule has 2 aromatic rings. The van der Waals surface area contributed by atoms with Crippen LogP contribution in [0.5, 0.6) is 5.75 Å². The molecule has 1 aromatic heterocycles. The van der Waals surface area contributed by atoms with Crippen molar-refractivity contribution in [3.63, 3.8) is 0 Å². The molecule has 0 aliphatic carbocycles. The zero-order valence-corrected chi connectivity index (χ0v) is 17.2. The van der Waals surface area contributed by atoms with Crippen molar-refractivity contribution >= 4 is 5.69 Å². The summed E-state index contributed by atoms with van der Waals surface area (Å²) in [5, 5.41) is 12.7. The van der Waals surface area contributed by atoms with Gasteiger partial charge in [-0.05, 0) is 49.2 Å². The molecule has 0 bridgehead atoms. The molecule has 1 atom stereocenters. The smallest absolute Gasteiger partial charge is 0.168 e. The number of hydrogen-bond donors (Lipinski definition) is 0. The maximum absolute atomic E-state index is 5.36. The third-order valence-corrected chi connectivity index (χ3v) is 5.79. The van der Waals surface area contributed by atoms with Gasteiger partial charge in [-0.2, -0.15) is 0 Å². The lowest BCUT2D eigenvalue weighted by atomic mass is 10.0. The Morgan fingerprint density at radius 1 is 1.15 bits per heavy atom. The van der Waals surface area contributed by atoms with Crippen LogP contribution in [0.25, 0.3) is 0 Å². The molecule has 1 fully saturated rings. The van der Waals surface area contributed by atoms with Gasteiger partial charge in [-0.3, -0.25) is 4.90 Å². The normalized spacial score (nSPS) is 17.1. The number of rotatable bonds is 7. The van der Waals surface area contributed by atoms with Gasteiger partial charge in [0.05, 0.1) is 18.7 Å². The van der Waals surface area contributed by atoms with E-state index in [0.29, 0.717) is 0 Å². The quantitative estimate of drug-likeness (QED) is 0.744. The Morgan fingerprint density at radius 3 is 2.52 bits per heavy atom. The molecule has 0 unspecified atom stereocenters. The van der Waals surface area contributed by atoms with Crippen LogP contribution >= 0.6 is 0 Å². The Hall–Kier alpha value is -2.15. The first kappa shape index (κ1) is 19.6. The number of benzene rings is 1. The lowest BCUT2D eigenvalue weighted by molar-refractivity contribution is 0.158. The first-order valence-corrected chi connectivity index (χ1v) is 9.92. The zero-order chi connectivity index (χ0) is 19.4. The predicted octanol–water partition coefficient (Wildman–Crippen LogP) is 3.10. The number of hydrogen-bond acceptors (Lipinski definition) is 6. The van der Waals surface area contributed by atoms with Crippen molar-refractivity contribution in [3.05, 3.63) is 30.1 Å². The van der Waals surface area contributed by atoms with E-state index in [0.717, 1.165) is 50.6 Å². The van der Waals surface area contributed by atoms with Gasteiger partial charge in [-0.25, -0.2) is 4.68 Å². The molecule has 7 nitrogen and oxygen atoms in total. The summed E-state index contributed by atoms with van der Waals surface area (Å²) in [6.07, 6.45) is 1.99. The molecule has 1 aliphatic rings. The molecule has 2 heterocycles. The van der Waals surface area contributed by atoms with Crippen LogP contribution in [-0.2, 0) is 5.54 Å². The topological polar surface area (TPSA) is 59.3 Å². The molecule has 7 heteroatoms. The Balaban J connectivity index is 1.72. The van der Waals surface area contributed by atoms with Gasteiger partial charge < -0.3 is 9.64 Å². The van der Waals surface area contributed by atoms with Gasteiger partial charge in [-0.15, -0.1) is 5.10 Å². The Bertz CT molecular complexity index is 736. The lowest BCUT2D eigenvalue weighted by Gasteiger charge is -2.40. The van der Waals surface area contributed by atoms with Crippen molar-refractivity contribution < 1.29 is 4.74 Å². The van der Waals surface area contributed by atoms with Crippen molar-refractivity contribution in [2.24, 2.45) is 0 Å². The number of ether oxygens (including phenoxy) is 1.